The number of aliphatic hydroxyl groups is 1. The summed E-state index contributed by atoms with van der Waals surface area (Å²) >= 11 is 0. The maximum Gasteiger partial charge on any atom is 0.309 e. The molecule has 0 rings (SSSR count). The minimum Gasteiger partial charge on any atom is -0.465 e. The Bertz CT molecular complexity index is 254. The van der Waals surface area contributed by atoms with Crippen LogP contribution in [0.2, 0.25) is 0 Å². The average Bonchev–Trinajstić information content (AvgIpc) is 2.23. The second-order valence-electron chi connectivity index (χ2n) is 3.84. The largest absolute Gasteiger partial charge is 0.465 e. The fourth-order valence-electron chi connectivity index (χ4n) is 1.16. The molecule has 96 valence electrons. The smallest absolute Gasteiger partial charge is 0.309 e. The number of carbonyl (C=O) groups excluding carboxylic acids is 1. The highest BCUT2D eigenvalue weighted by atomic mass is 31.2. The topological polar surface area (TPSA) is 83.8 Å². The number of carbonyl (C=O) groups is 1. The SMILES string of the molecule is CCP(=O)(O)CC(C)C(=O)OCCCCO. The van der Waals surface area contributed by atoms with Gasteiger partial charge in [0.2, 0.25) is 7.37 Å². The first kappa shape index (κ1) is 15.6. The van der Waals surface area contributed by atoms with Crippen molar-refractivity contribution in [3.8, 4) is 0 Å². The molecule has 16 heavy (non-hydrogen) atoms. The van der Waals surface area contributed by atoms with Crippen LogP contribution in [0, 0.1) is 5.92 Å². The van der Waals surface area contributed by atoms with Crippen molar-refractivity contribution >= 4 is 13.3 Å². The summed E-state index contributed by atoms with van der Waals surface area (Å²) in [5.74, 6) is -0.995. The minimum atomic E-state index is -3.17. The van der Waals surface area contributed by atoms with Crippen molar-refractivity contribution in [1.29, 1.82) is 0 Å². The van der Waals surface area contributed by atoms with Crippen LogP contribution in [0.1, 0.15) is 26.7 Å². The molecule has 6 heteroatoms. The van der Waals surface area contributed by atoms with Crippen LogP contribution in [-0.4, -0.2) is 41.5 Å². The molecule has 0 heterocycles. The molecule has 2 unspecified atom stereocenters. The lowest BCUT2D eigenvalue weighted by molar-refractivity contribution is -0.147. The summed E-state index contributed by atoms with van der Waals surface area (Å²) in [4.78, 5) is 20.7. The van der Waals surface area contributed by atoms with E-state index in [2.05, 4.69) is 0 Å². The number of rotatable bonds is 8. The van der Waals surface area contributed by atoms with Crippen LogP contribution in [0.4, 0.5) is 0 Å². The van der Waals surface area contributed by atoms with E-state index in [-0.39, 0.29) is 25.5 Å². The van der Waals surface area contributed by atoms with E-state index in [0.717, 1.165) is 0 Å². The summed E-state index contributed by atoms with van der Waals surface area (Å²) in [7, 11) is -3.17. The lowest BCUT2D eigenvalue weighted by Gasteiger charge is -2.14. The third kappa shape index (κ3) is 6.99. The fourth-order valence-corrected chi connectivity index (χ4v) is 2.42. The molecule has 0 saturated carbocycles. The molecule has 0 aliphatic heterocycles. The van der Waals surface area contributed by atoms with Gasteiger partial charge in [0.05, 0.1) is 12.5 Å². The van der Waals surface area contributed by atoms with Gasteiger partial charge < -0.3 is 14.7 Å². The molecule has 0 bridgehead atoms. The molecule has 0 aromatic carbocycles. The molecule has 0 fully saturated rings. The van der Waals surface area contributed by atoms with Gasteiger partial charge >= 0.3 is 5.97 Å². The second-order valence-corrected chi connectivity index (χ2v) is 6.53. The van der Waals surface area contributed by atoms with E-state index in [1.807, 2.05) is 0 Å². The Labute approximate surface area is 96.3 Å². The molecular weight excluding hydrogens is 231 g/mol. The van der Waals surface area contributed by atoms with Crippen LogP contribution in [0.25, 0.3) is 0 Å². The van der Waals surface area contributed by atoms with Gasteiger partial charge in [-0.2, -0.15) is 0 Å². The number of esters is 1. The van der Waals surface area contributed by atoms with Gasteiger partial charge in [-0.1, -0.05) is 13.8 Å². The summed E-state index contributed by atoms with van der Waals surface area (Å²) < 4.78 is 16.3. The van der Waals surface area contributed by atoms with Crippen LogP contribution in [0.15, 0.2) is 0 Å². The molecule has 2 N–H and O–H groups in total. The van der Waals surface area contributed by atoms with E-state index in [1.54, 1.807) is 13.8 Å². The van der Waals surface area contributed by atoms with E-state index in [1.165, 1.54) is 0 Å². The highest BCUT2D eigenvalue weighted by molar-refractivity contribution is 7.58. The van der Waals surface area contributed by atoms with E-state index in [0.29, 0.717) is 12.8 Å². The molecule has 0 radical (unpaired) electrons. The second kappa shape index (κ2) is 7.82. The summed E-state index contributed by atoms with van der Waals surface area (Å²) in [5, 5.41) is 8.52. The molecule has 0 aliphatic carbocycles. The van der Waals surface area contributed by atoms with E-state index in [4.69, 9.17) is 9.84 Å². The van der Waals surface area contributed by atoms with Gasteiger partial charge in [-0.05, 0) is 12.8 Å². The van der Waals surface area contributed by atoms with E-state index < -0.39 is 19.3 Å². The van der Waals surface area contributed by atoms with Crippen molar-refractivity contribution in [2.75, 3.05) is 25.5 Å². The van der Waals surface area contributed by atoms with Crippen molar-refractivity contribution in [2.24, 2.45) is 5.92 Å². The van der Waals surface area contributed by atoms with Gasteiger partial charge in [-0.3, -0.25) is 9.36 Å². The summed E-state index contributed by atoms with van der Waals surface area (Å²) in [6.45, 7) is 3.55. The number of hydrogen-bond donors (Lipinski definition) is 2. The quantitative estimate of drug-likeness (QED) is 0.385. The summed E-state index contributed by atoms with van der Waals surface area (Å²) in [6.07, 6.45) is 1.35. The van der Waals surface area contributed by atoms with Gasteiger partial charge in [-0.25, -0.2) is 0 Å². The fraction of sp³-hybridized carbons (Fsp3) is 0.900. The summed E-state index contributed by atoms with van der Waals surface area (Å²) in [5.41, 5.74) is 0. The number of unbranched alkanes of at least 4 members (excludes halogenated alkanes) is 1. The number of ether oxygens (including phenoxy) is 1. The standard InChI is InChI=1S/C10H21O5P/c1-3-16(13,14)8-9(2)10(12)15-7-5-4-6-11/h9,11H,3-8H2,1-2H3,(H,13,14). The Morgan fingerprint density at radius 1 is 1.44 bits per heavy atom. The maximum absolute atomic E-state index is 11.4. The zero-order chi connectivity index (χ0) is 12.6. The monoisotopic (exact) mass is 252 g/mol. The molecule has 0 saturated heterocycles. The zero-order valence-electron chi connectivity index (χ0n) is 9.89. The maximum atomic E-state index is 11.4. The predicted molar refractivity (Wildman–Crippen MR) is 61.7 cm³/mol. The molecule has 5 nitrogen and oxygen atoms in total. The first-order chi connectivity index (χ1) is 7.43. The Hall–Kier alpha value is -0.380. The van der Waals surface area contributed by atoms with Gasteiger partial charge in [0, 0.05) is 18.9 Å². The Morgan fingerprint density at radius 3 is 2.56 bits per heavy atom. The van der Waals surface area contributed by atoms with Crippen molar-refractivity contribution < 1.29 is 24.1 Å². The van der Waals surface area contributed by atoms with Crippen molar-refractivity contribution in [2.45, 2.75) is 26.7 Å². The lowest BCUT2D eigenvalue weighted by Crippen LogP contribution is -2.19. The Balaban J connectivity index is 3.86. The molecule has 0 aliphatic rings. The normalized spacial score (nSPS) is 16.5. The molecule has 0 aromatic rings. The third-order valence-electron chi connectivity index (χ3n) is 2.25. The van der Waals surface area contributed by atoms with Gasteiger partial charge in [0.1, 0.15) is 0 Å². The number of aliphatic hydroxyl groups excluding tert-OH is 1. The molecule has 0 amide bonds. The average molecular weight is 252 g/mol. The molecule has 0 aromatic heterocycles. The van der Waals surface area contributed by atoms with Crippen LogP contribution in [-0.2, 0) is 14.1 Å². The van der Waals surface area contributed by atoms with Crippen LogP contribution >= 0.6 is 7.37 Å². The highest BCUT2D eigenvalue weighted by Gasteiger charge is 2.24. The zero-order valence-corrected chi connectivity index (χ0v) is 10.8. The molecular formula is C10H21O5P. The first-order valence-corrected chi connectivity index (χ1v) is 7.54. The number of hydrogen-bond acceptors (Lipinski definition) is 4. The van der Waals surface area contributed by atoms with E-state index in [9.17, 15) is 14.3 Å². The van der Waals surface area contributed by atoms with Gasteiger partial charge in [0.25, 0.3) is 0 Å². The minimum absolute atomic E-state index is 0.0255. The first-order valence-electron chi connectivity index (χ1n) is 5.51. The third-order valence-corrected chi connectivity index (χ3v) is 4.36. The van der Waals surface area contributed by atoms with Crippen molar-refractivity contribution in [1.82, 2.24) is 0 Å². The van der Waals surface area contributed by atoms with Crippen molar-refractivity contribution in [3.05, 3.63) is 0 Å². The Kier molecular flexibility index (Phi) is 7.64. The van der Waals surface area contributed by atoms with Gasteiger partial charge in [-0.15, -0.1) is 0 Å². The van der Waals surface area contributed by atoms with Crippen LogP contribution in [0.3, 0.4) is 0 Å². The predicted octanol–water partition coefficient (Wildman–Crippen LogP) is 1.23. The molecule has 0 spiro atoms. The van der Waals surface area contributed by atoms with E-state index >= 15 is 0 Å². The van der Waals surface area contributed by atoms with Crippen molar-refractivity contribution in [3.63, 3.8) is 0 Å². The highest BCUT2D eigenvalue weighted by Crippen LogP contribution is 2.41. The molecule has 2 atom stereocenters. The Morgan fingerprint density at radius 2 is 2.06 bits per heavy atom. The van der Waals surface area contributed by atoms with Crippen LogP contribution in [0.5, 0.6) is 0 Å². The lowest BCUT2D eigenvalue weighted by atomic mass is 10.2. The van der Waals surface area contributed by atoms with Crippen LogP contribution < -0.4 is 0 Å². The van der Waals surface area contributed by atoms with Gasteiger partial charge in [0.15, 0.2) is 0 Å². The summed E-state index contributed by atoms with van der Waals surface area (Å²) in [6, 6.07) is 0.